The largest absolute Gasteiger partial charge is 0.462 e. The van der Waals surface area contributed by atoms with E-state index in [4.69, 9.17) is 4.74 Å². The fraction of sp³-hybridized carbons (Fsp3) is 0.571. The topological polar surface area (TPSA) is 26.3 Å². The van der Waals surface area contributed by atoms with Crippen LogP contribution in [0.15, 0.2) is 5.57 Å². The molecule has 0 N–H and O–H groups in total. The quantitative estimate of drug-likeness (QED) is 0.238. The van der Waals surface area contributed by atoms with Crippen molar-refractivity contribution in [3.05, 3.63) is 5.57 Å². The van der Waals surface area contributed by atoms with Gasteiger partial charge in [0.1, 0.15) is 0 Å². The molecule has 2 nitrogen and oxygen atoms in total. The third-order valence-corrected chi connectivity index (χ3v) is 1.62. The van der Waals surface area contributed by atoms with Crippen LogP contribution < -0.4 is 0 Å². The second kappa shape index (κ2) is 6.40. The number of thiol groups is 1. The first-order valence-electron chi connectivity index (χ1n) is 3.22. The monoisotopic (exact) mass is 190 g/mol. The molecule has 0 bridgehead atoms. The summed E-state index contributed by atoms with van der Waals surface area (Å²) in [5, 5.41) is 2.30. The molecule has 0 aromatic carbocycles. The molecule has 0 rings (SSSR count). The van der Waals surface area contributed by atoms with Gasteiger partial charge in [-0.05, 0) is 36.3 Å². The predicted molar refractivity (Wildman–Crippen MR) is 51.2 cm³/mol. The van der Waals surface area contributed by atoms with E-state index in [2.05, 4.69) is 29.9 Å². The van der Waals surface area contributed by atoms with Gasteiger partial charge in [0.25, 0.3) is 0 Å². The van der Waals surface area contributed by atoms with E-state index in [0.29, 0.717) is 17.9 Å². The van der Waals surface area contributed by atoms with E-state index in [1.807, 2.05) is 0 Å². The molecule has 4 heteroatoms. The van der Waals surface area contributed by atoms with Gasteiger partial charge >= 0.3 is 5.97 Å². The Bertz CT molecular complexity index is 183. The number of carbonyl (C=O) groups is 1. The summed E-state index contributed by atoms with van der Waals surface area (Å²) < 4.78 is 4.78. The third-order valence-electron chi connectivity index (χ3n) is 0.995. The van der Waals surface area contributed by atoms with Gasteiger partial charge in [0.2, 0.25) is 0 Å². The third kappa shape index (κ3) is 5.01. The van der Waals surface area contributed by atoms with Crippen molar-refractivity contribution in [3.8, 4) is 0 Å². The zero-order chi connectivity index (χ0) is 8.69. The summed E-state index contributed by atoms with van der Waals surface area (Å²) in [6, 6.07) is 0. The van der Waals surface area contributed by atoms with E-state index < -0.39 is 0 Å². The molecule has 62 valence electrons. The summed E-state index contributed by atoms with van der Waals surface area (Å²) >= 11 is 8.39. The van der Waals surface area contributed by atoms with Crippen molar-refractivity contribution in [1.82, 2.24) is 0 Å². The fourth-order valence-corrected chi connectivity index (χ4v) is 0.592. The van der Waals surface area contributed by atoms with Crippen molar-refractivity contribution in [2.45, 2.75) is 13.3 Å². The number of hydrogen-bond donors (Lipinski definition) is 1. The lowest BCUT2D eigenvalue weighted by molar-refractivity contribution is -0.138. The second-order valence-electron chi connectivity index (χ2n) is 1.94. The lowest BCUT2D eigenvalue weighted by Gasteiger charge is -2.00. The van der Waals surface area contributed by atoms with Crippen LogP contribution in [0.1, 0.15) is 13.3 Å². The smallest absolute Gasteiger partial charge is 0.342 e. The standard InChI is InChI=1S/C7H10O2S2/c1-6(5-11)7(8)9-3-2-4-10/h10H,2-4H2,1H3. The van der Waals surface area contributed by atoms with Crippen molar-refractivity contribution in [3.63, 3.8) is 0 Å². The van der Waals surface area contributed by atoms with Gasteiger partial charge in [-0.3, -0.25) is 0 Å². The van der Waals surface area contributed by atoms with E-state index in [-0.39, 0.29) is 5.97 Å². The van der Waals surface area contributed by atoms with Gasteiger partial charge in [-0.25, -0.2) is 4.79 Å². The SMILES string of the molecule is CC(=C=S)C(=O)OCCCS. The maximum absolute atomic E-state index is 10.8. The summed E-state index contributed by atoms with van der Waals surface area (Å²) in [7, 11) is 0. The summed E-state index contributed by atoms with van der Waals surface area (Å²) in [6.45, 7) is 1.98. The number of rotatable bonds is 4. The molecule has 0 aliphatic carbocycles. The molecule has 0 aliphatic rings. The minimum absolute atomic E-state index is 0.346. The van der Waals surface area contributed by atoms with Crippen LogP contribution in [0.5, 0.6) is 0 Å². The normalized spacial score (nSPS) is 8.55. The number of ether oxygens (including phenoxy) is 1. The van der Waals surface area contributed by atoms with Crippen LogP contribution in [-0.2, 0) is 9.53 Å². The molecule has 0 aromatic rings. The Balaban J connectivity index is 3.62. The molecule has 0 radical (unpaired) electrons. The Hall–Kier alpha value is -0.310. The maximum Gasteiger partial charge on any atom is 0.342 e. The Morgan fingerprint density at radius 2 is 2.36 bits per heavy atom. The van der Waals surface area contributed by atoms with E-state index in [9.17, 15) is 4.79 Å². The minimum atomic E-state index is -0.387. The van der Waals surface area contributed by atoms with Gasteiger partial charge in [-0.15, -0.1) is 0 Å². The van der Waals surface area contributed by atoms with E-state index >= 15 is 0 Å². The van der Waals surface area contributed by atoms with Gasteiger partial charge < -0.3 is 4.74 Å². The highest BCUT2D eigenvalue weighted by Gasteiger charge is 2.03. The van der Waals surface area contributed by atoms with Crippen molar-refractivity contribution >= 4 is 35.8 Å². The Kier molecular flexibility index (Phi) is 6.22. The highest BCUT2D eigenvalue weighted by Crippen LogP contribution is 1.93. The second-order valence-corrected chi connectivity index (χ2v) is 2.59. The van der Waals surface area contributed by atoms with Crippen LogP contribution in [0.4, 0.5) is 0 Å². The zero-order valence-corrected chi connectivity index (χ0v) is 8.00. The molecule has 0 unspecified atom stereocenters. The van der Waals surface area contributed by atoms with Crippen LogP contribution in [-0.4, -0.2) is 23.4 Å². The molecule has 0 heterocycles. The van der Waals surface area contributed by atoms with Gasteiger partial charge in [0, 0.05) is 0 Å². The molecular formula is C7H10O2S2. The molecule has 0 amide bonds. The van der Waals surface area contributed by atoms with Crippen LogP contribution in [0.3, 0.4) is 0 Å². The van der Waals surface area contributed by atoms with Crippen molar-refractivity contribution in [2.75, 3.05) is 12.4 Å². The first-order chi connectivity index (χ1) is 5.22. The molecule has 0 saturated carbocycles. The van der Waals surface area contributed by atoms with Crippen LogP contribution >= 0.6 is 24.8 Å². The molecular weight excluding hydrogens is 180 g/mol. The first kappa shape index (κ1) is 10.7. The number of carbonyl (C=O) groups excluding carboxylic acids is 1. The summed E-state index contributed by atoms with van der Waals surface area (Å²) in [5.41, 5.74) is 0.346. The number of esters is 1. The first-order valence-corrected chi connectivity index (χ1v) is 4.26. The average molecular weight is 190 g/mol. The highest BCUT2D eigenvalue weighted by molar-refractivity contribution is 7.80. The fourth-order valence-electron chi connectivity index (χ4n) is 0.379. The van der Waals surface area contributed by atoms with E-state index in [1.165, 1.54) is 0 Å². The summed E-state index contributed by atoms with van der Waals surface area (Å²) in [6.07, 6.45) is 0.763. The maximum atomic E-state index is 10.8. The predicted octanol–water partition coefficient (Wildman–Crippen LogP) is 1.39. The van der Waals surface area contributed by atoms with Crippen LogP contribution in [0.2, 0.25) is 0 Å². The van der Waals surface area contributed by atoms with Crippen LogP contribution in [0.25, 0.3) is 0 Å². The van der Waals surface area contributed by atoms with Crippen molar-refractivity contribution in [1.29, 1.82) is 0 Å². The molecule has 0 aromatic heterocycles. The minimum Gasteiger partial charge on any atom is -0.462 e. The molecule has 0 atom stereocenters. The van der Waals surface area contributed by atoms with Gasteiger partial charge in [0.05, 0.1) is 12.2 Å². The van der Waals surface area contributed by atoms with Gasteiger partial charge in [0.15, 0.2) is 0 Å². The lowest BCUT2D eigenvalue weighted by Crippen LogP contribution is -2.07. The molecule has 0 fully saturated rings. The summed E-state index contributed by atoms with van der Waals surface area (Å²) in [5.74, 6) is 0.329. The Morgan fingerprint density at radius 3 is 2.82 bits per heavy atom. The lowest BCUT2D eigenvalue weighted by atomic mass is 10.4. The van der Waals surface area contributed by atoms with Gasteiger partial charge in [-0.1, -0.05) is 0 Å². The Morgan fingerprint density at radius 1 is 1.73 bits per heavy atom. The average Bonchev–Trinajstić information content (AvgIpc) is 2.03. The molecule has 11 heavy (non-hydrogen) atoms. The zero-order valence-electron chi connectivity index (χ0n) is 6.29. The summed E-state index contributed by atoms with van der Waals surface area (Å²) in [4.78, 5) is 10.8. The molecule has 0 saturated heterocycles. The van der Waals surface area contributed by atoms with Crippen LogP contribution in [0, 0.1) is 0 Å². The van der Waals surface area contributed by atoms with Crippen molar-refractivity contribution in [2.24, 2.45) is 0 Å². The number of thiocarbonyl (C=S) groups is 1. The molecule has 0 aliphatic heterocycles. The van der Waals surface area contributed by atoms with Crippen molar-refractivity contribution < 1.29 is 9.53 Å². The molecule has 0 spiro atoms. The van der Waals surface area contributed by atoms with E-state index in [0.717, 1.165) is 6.42 Å². The number of hydrogen-bond acceptors (Lipinski definition) is 4. The highest BCUT2D eigenvalue weighted by atomic mass is 32.1. The van der Waals surface area contributed by atoms with Gasteiger partial charge in [-0.2, -0.15) is 12.6 Å². The van der Waals surface area contributed by atoms with E-state index in [1.54, 1.807) is 6.92 Å². The Labute approximate surface area is 77.0 Å².